The molecule has 3 heteroatoms. The van der Waals surface area contributed by atoms with Crippen LogP contribution in [0.15, 0.2) is 18.2 Å². The van der Waals surface area contributed by atoms with Gasteiger partial charge in [0.05, 0.1) is 6.61 Å². The Morgan fingerprint density at radius 3 is 2.71 bits per heavy atom. The van der Waals surface area contributed by atoms with Gasteiger partial charge in [0.15, 0.2) is 0 Å². The van der Waals surface area contributed by atoms with Gasteiger partial charge in [-0.15, -0.1) is 0 Å². The topological polar surface area (TPSA) is 49.7 Å². The first kappa shape index (κ1) is 10.9. The summed E-state index contributed by atoms with van der Waals surface area (Å²) in [7, 11) is 0. The summed E-state index contributed by atoms with van der Waals surface area (Å²) in [5.74, 6) is 0.712. The van der Waals surface area contributed by atoms with Crippen LogP contribution in [0, 0.1) is 0 Å². The molecule has 3 nitrogen and oxygen atoms in total. The van der Waals surface area contributed by atoms with Gasteiger partial charge in [0.25, 0.3) is 0 Å². The van der Waals surface area contributed by atoms with Crippen molar-refractivity contribution < 1.29 is 14.9 Å². The molecule has 0 radical (unpaired) electrons. The Bertz CT molecular complexity index is 297. The van der Waals surface area contributed by atoms with Gasteiger partial charge in [-0.25, -0.2) is 0 Å². The zero-order chi connectivity index (χ0) is 10.6. The van der Waals surface area contributed by atoms with Crippen LogP contribution in [-0.4, -0.2) is 23.4 Å². The summed E-state index contributed by atoms with van der Waals surface area (Å²) in [6.45, 7) is 4.28. The number of hydrogen-bond acceptors (Lipinski definition) is 3. The molecule has 2 N–H and O–H groups in total. The first-order valence-corrected chi connectivity index (χ1v) is 4.76. The van der Waals surface area contributed by atoms with Crippen LogP contribution in [-0.2, 0) is 0 Å². The van der Waals surface area contributed by atoms with Crippen LogP contribution in [0.3, 0.4) is 0 Å². The number of phenolic OH excluding ortho intramolecular Hbond substituents is 1. The molecule has 0 spiro atoms. The molecule has 0 saturated carbocycles. The van der Waals surface area contributed by atoms with Gasteiger partial charge in [-0.1, -0.05) is 13.0 Å². The highest BCUT2D eigenvalue weighted by molar-refractivity contribution is 5.46. The van der Waals surface area contributed by atoms with Crippen molar-refractivity contribution in [2.45, 2.75) is 19.8 Å². The standard InChI is InChI=1S/C11H16O3/c1-3-14-10-6-4-5-9(13)11(10)8(2)7-12/h4-6,8,12-13H,3,7H2,1-2H3. The molecule has 0 amide bonds. The Balaban J connectivity index is 3.08. The molecule has 1 atom stereocenters. The fourth-order valence-corrected chi connectivity index (χ4v) is 1.40. The zero-order valence-electron chi connectivity index (χ0n) is 8.53. The first-order chi connectivity index (χ1) is 6.70. The van der Waals surface area contributed by atoms with Gasteiger partial charge < -0.3 is 14.9 Å². The second kappa shape index (κ2) is 4.86. The smallest absolute Gasteiger partial charge is 0.126 e. The number of hydrogen-bond donors (Lipinski definition) is 2. The van der Waals surface area contributed by atoms with Crippen LogP contribution in [0.5, 0.6) is 11.5 Å². The lowest BCUT2D eigenvalue weighted by Crippen LogP contribution is -2.03. The zero-order valence-corrected chi connectivity index (χ0v) is 8.53. The normalized spacial score (nSPS) is 12.5. The molecule has 78 valence electrons. The number of aromatic hydroxyl groups is 1. The third-order valence-corrected chi connectivity index (χ3v) is 2.11. The van der Waals surface area contributed by atoms with Crippen molar-refractivity contribution in [2.24, 2.45) is 0 Å². The van der Waals surface area contributed by atoms with Gasteiger partial charge in [0.1, 0.15) is 11.5 Å². The van der Waals surface area contributed by atoms with Crippen molar-refractivity contribution in [1.82, 2.24) is 0 Å². The minimum atomic E-state index is -0.113. The molecule has 1 rings (SSSR count). The lowest BCUT2D eigenvalue weighted by molar-refractivity contribution is 0.263. The first-order valence-electron chi connectivity index (χ1n) is 4.76. The van der Waals surface area contributed by atoms with E-state index in [1.165, 1.54) is 0 Å². The lowest BCUT2D eigenvalue weighted by Gasteiger charge is -2.15. The van der Waals surface area contributed by atoms with Crippen molar-refractivity contribution in [1.29, 1.82) is 0 Å². The van der Waals surface area contributed by atoms with Crippen molar-refractivity contribution in [2.75, 3.05) is 13.2 Å². The third-order valence-electron chi connectivity index (χ3n) is 2.11. The Morgan fingerprint density at radius 1 is 1.43 bits per heavy atom. The Hall–Kier alpha value is -1.22. The van der Waals surface area contributed by atoms with Gasteiger partial charge >= 0.3 is 0 Å². The monoisotopic (exact) mass is 196 g/mol. The average Bonchev–Trinajstić information content (AvgIpc) is 2.18. The fraction of sp³-hybridized carbons (Fsp3) is 0.455. The Morgan fingerprint density at radius 2 is 2.14 bits per heavy atom. The molecule has 0 saturated heterocycles. The van der Waals surface area contributed by atoms with E-state index in [-0.39, 0.29) is 18.3 Å². The Labute approximate surface area is 84.0 Å². The van der Waals surface area contributed by atoms with Crippen molar-refractivity contribution in [3.05, 3.63) is 23.8 Å². The number of aliphatic hydroxyl groups excluding tert-OH is 1. The lowest BCUT2D eigenvalue weighted by atomic mass is 10.00. The maximum Gasteiger partial charge on any atom is 0.126 e. The molecule has 0 heterocycles. The van der Waals surface area contributed by atoms with E-state index in [1.807, 2.05) is 13.8 Å². The van der Waals surface area contributed by atoms with Crippen LogP contribution in [0.4, 0.5) is 0 Å². The molecule has 0 aliphatic heterocycles. The summed E-state index contributed by atoms with van der Waals surface area (Å²) < 4.78 is 5.37. The average molecular weight is 196 g/mol. The van der Waals surface area contributed by atoms with Crippen LogP contribution in [0.1, 0.15) is 25.3 Å². The molecule has 0 aromatic heterocycles. The van der Waals surface area contributed by atoms with E-state index < -0.39 is 0 Å². The minimum Gasteiger partial charge on any atom is -0.508 e. The molecule has 0 fully saturated rings. The van der Waals surface area contributed by atoms with E-state index in [0.717, 1.165) is 0 Å². The maximum absolute atomic E-state index is 9.63. The summed E-state index contributed by atoms with van der Waals surface area (Å²) in [4.78, 5) is 0. The second-order valence-corrected chi connectivity index (χ2v) is 3.21. The molecule has 0 aliphatic rings. The fourth-order valence-electron chi connectivity index (χ4n) is 1.40. The van der Waals surface area contributed by atoms with E-state index in [9.17, 15) is 5.11 Å². The van der Waals surface area contributed by atoms with Crippen LogP contribution in [0.2, 0.25) is 0 Å². The number of ether oxygens (including phenoxy) is 1. The minimum absolute atomic E-state index is 0.00233. The van der Waals surface area contributed by atoms with Crippen LogP contribution in [0.25, 0.3) is 0 Å². The highest BCUT2D eigenvalue weighted by Crippen LogP contribution is 2.33. The van der Waals surface area contributed by atoms with Crippen LogP contribution < -0.4 is 4.74 Å². The van der Waals surface area contributed by atoms with E-state index in [0.29, 0.717) is 17.9 Å². The molecule has 1 unspecified atom stereocenters. The van der Waals surface area contributed by atoms with Gasteiger partial charge in [-0.3, -0.25) is 0 Å². The predicted molar refractivity (Wildman–Crippen MR) is 54.8 cm³/mol. The molecule has 14 heavy (non-hydrogen) atoms. The van der Waals surface area contributed by atoms with Gasteiger partial charge in [-0.05, 0) is 19.1 Å². The Kier molecular flexibility index (Phi) is 3.77. The van der Waals surface area contributed by atoms with E-state index in [1.54, 1.807) is 18.2 Å². The molecule has 0 aliphatic carbocycles. The number of benzene rings is 1. The summed E-state index contributed by atoms with van der Waals surface area (Å²) in [5.41, 5.74) is 0.678. The summed E-state index contributed by atoms with van der Waals surface area (Å²) >= 11 is 0. The van der Waals surface area contributed by atoms with E-state index >= 15 is 0 Å². The number of phenols is 1. The molecular formula is C11H16O3. The van der Waals surface area contributed by atoms with Crippen LogP contribution >= 0.6 is 0 Å². The molecular weight excluding hydrogens is 180 g/mol. The largest absolute Gasteiger partial charge is 0.508 e. The predicted octanol–water partition coefficient (Wildman–Crippen LogP) is 1.89. The van der Waals surface area contributed by atoms with Gasteiger partial charge in [0, 0.05) is 18.1 Å². The molecule has 0 bridgehead atoms. The van der Waals surface area contributed by atoms with Crippen molar-refractivity contribution in [3.63, 3.8) is 0 Å². The summed E-state index contributed by atoms with van der Waals surface area (Å²) in [5, 5.41) is 18.7. The summed E-state index contributed by atoms with van der Waals surface area (Å²) in [6.07, 6.45) is 0. The highest BCUT2D eigenvalue weighted by Gasteiger charge is 2.14. The molecule has 1 aromatic carbocycles. The number of rotatable bonds is 4. The van der Waals surface area contributed by atoms with Crippen molar-refractivity contribution in [3.8, 4) is 11.5 Å². The third kappa shape index (κ3) is 2.17. The van der Waals surface area contributed by atoms with Crippen molar-refractivity contribution >= 4 is 0 Å². The highest BCUT2D eigenvalue weighted by atomic mass is 16.5. The molecule has 1 aromatic rings. The summed E-state index contributed by atoms with van der Waals surface area (Å²) in [6, 6.07) is 5.13. The maximum atomic E-state index is 9.63. The second-order valence-electron chi connectivity index (χ2n) is 3.21. The SMILES string of the molecule is CCOc1cccc(O)c1C(C)CO. The van der Waals surface area contributed by atoms with Gasteiger partial charge in [0.2, 0.25) is 0 Å². The van der Waals surface area contributed by atoms with Gasteiger partial charge in [-0.2, -0.15) is 0 Å². The number of aliphatic hydroxyl groups is 1. The van der Waals surface area contributed by atoms with E-state index in [4.69, 9.17) is 9.84 Å². The van der Waals surface area contributed by atoms with E-state index in [2.05, 4.69) is 0 Å². The quantitative estimate of drug-likeness (QED) is 0.773.